The van der Waals surface area contributed by atoms with Crippen molar-refractivity contribution in [3.05, 3.63) is 58.1 Å². The lowest BCUT2D eigenvalue weighted by Gasteiger charge is -2.17. The van der Waals surface area contributed by atoms with E-state index in [0.717, 1.165) is 4.57 Å². The summed E-state index contributed by atoms with van der Waals surface area (Å²) in [6.07, 6.45) is -5.06. The first-order valence-electron chi connectivity index (χ1n) is 9.75. The molecule has 184 valence electrons. The normalized spacial score (nSPS) is 22.3. The molecule has 2 aromatic rings. The van der Waals surface area contributed by atoms with Gasteiger partial charge in [-0.15, -0.1) is 0 Å². The second kappa shape index (κ2) is 10.3. The number of anilines is 1. The van der Waals surface area contributed by atoms with E-state index in [2.05, 4.69) is 9.72 Å². The number of nitrogens with one attached hydrogen (secondary N) is 1. The molecule has 1 amide bonds. The Morgan fingerprint density at radius 3 is 2.62 bits per heavy atom. The fraction of sp³-hybridized carbons (Fsp3) is 0.368. The van der Waals surface area contributed by atoms with E-state index in [1.165, 1.54) is 37.6 Å². The third kappa shape index (κ3) is 5.75. The van der Waals surface area contributed by atoms with Crippen LogP contribution in [0.2, 0.25) is 0 Å². The predicted molar refractivity (Wildman–Crippen MR) is 113 cm³/mol. The fourth-order valence-corrected chi connectivity index (χ4v) is 3.90. The number of methoxy groups -OCH3 is 1. The van der Waals surface area contributed by atoms with Gasteiger partial charge in [0.25, 0.3) is 5.91 Å². The van der Waals surface area contributed by atoms with Crippen LogP contribution in [-0.4, -0.2) is 72.1 Å². The number of hydrogen-bond acceptors (Lipinski definition) is 12. The average molecular weight is 498 g/mol. The number of nitrogens with zero attached hydrogens (tertiary/aromatic N) is 2. The van der Waals surface area contributed by atoms with Crippen LogP contribution >= 0.6 is 0 Å². The number of esters is 1. The summed E-state index contributed by atoms with van der Waals surface area (Å²) < 4.78 is 41.8. The quantitative estimate of drug-likeness (QED) is 0.287. The average Bonchev–Trinajstić information content (AvgIpc) is 3.06. The smallest absolute Gasteiger partial charge is 0.362 e. The lowest BCUT2D eigenvalue weighted by Crippen LogP contribution is -2.38. The molecule has 1 fully saturated rings. The second-order valence-electron chi connectivity index (χ2n) is 7.17. The number of amides is 1. The largest absolute Gasteiger partial charge is 0.469 e. The second-order valence-corrected chi connectivity index (χ2v) is 8.52. The van der Waals surface area contributed by atoms with E-state index in [-0.39, 0.29) is 23.4 Å². The molecule has 15 heteroatoms. The van der Waals surface area contributed by atoms with Gasteiger partial charge >= 0.3 is 22.0 Å². The first kappa shape index (κ1) is 25.3. The molecule has 0 aliphatic carbocycles. The van der Waals surface area contributed by atoms with Gasteiger partial charge in [0.2, 0.25) is 0 Å². The van der Waals surface area contributed by atoms with E-state index in [1.807, 2.05) is 0 Å². The molecule has 34 heavy (non-hydrogen) atoms. The molecule has 0 saturated carbocycles. The molecule has 1 aromatic carbocycles. The number of aromatic nitrogens is 2. The summed E-state index contributed by atoms with van der Waals surface area (Å²) in [7, 11) is -3.52. The summed E-state index contributed by atoms with van der Waals surface area (Å²) in [4.78, 5) is 39.5. The van der Waals surface area contributed by atoms with E-state index in [9.17, 15) is 33.0 Å². The van der Waals surface area contributed by atoms with Gasteiger partial charge < -0.3 is 25.4 Å². The molecule has 4 atom stereocenters. The Morgan fingerprint density at radius 1 is 1.24 bits per heavy atom. The Bertz CT molecular complexity index is 1230. The maximum Gasteiger partial charge on any atom is 0.362 e. The van der Waals surface area contributed by atoms with Crippen LogP contribution in [0, 0.1) is 0 Å². The minimum Gasteiger partial charge on any atom is -0.469 e. The number of aliphatic hydroxyl groups excluding tert-OH is 2. The van der Waals surface area contributed by atoms with Crippen molar-refractivity contribution < 1.29 is 41.9 Å². The van der Waals surface area contributed by atoms with Gasteiger partial charge in [0.1, 0.15) is 24.1 Å². The summed E-state index contributed by atoms with van der Waals surface area (Å²) in [6.45, 7) is -0.793. The molecule has 1 saturated heterocycles. The fourth-order valence-electron chi connectivity index (χ4n) is 3.19. The molecule has 0 spiro atoms. The molecule has 5 N–H and O–H groups in total. The van der Waals surface area contributed by atoms with E-state index < -0.39 is 59.0 Å². The van der Waals surface area contributed by atoms with Crippen LogP contribution in [0.1, 0.15) is 22.1 Å². The molecule has 1 aliphatic rings. The molecule has 0 unspecified atom stereocenters. The highest BCUT2D eigenvalue weighted by Gasteiger charge is 2.45. The van der Waals surface area contributed by atoms with Crippen molar-refractivity contribution in [3.8, 4) is 0 Å². The monoisotopic (exact) mass is 498 g/mol. The van der Waals surface area contributed by atoms with Crippen LogP contribution in [-0.2, 0) is 35.2 Å². The number of carbonyl (C=O) groups is 2. The molecular weight excluding hydrogens is 476 g/mol. The maximum absolute atomic E-state index is 12.5. The Labute approximate surface area is 193 Å². The molecule has 1 aromatic heterocycles. The van der Waals surface area contributed by atoms with Crippen LogP contribution < -0.4 is 16.1 Å². The first-order valence-corrected chi connectivity index (χ1v) is 11.2. The summed E-state index contributed by atoms with van der Waals surface area (Å²) in [5.74, 6) is -1.76. The number of rotatable bonds is 8. The van der Waals surface area contributed by atoms with Gasteiger partial charge in [-0.3, -0.25) is 18.3 Å². The molecule has 0 radical (unpaired) electrons. The lowest BCUT2D eigenvalue weighted by molar-refractivity contribution is -0.139. The molecule has 14 nitrogen and oxygen atoms in total. The Kier molecular flexibility index (Phi) is 7.63. The zero-order chi connectivity index (χ0) is 25.0. The Balaban J connectivity index is 1.66. The number of benzene rings is 1. The number of ether oxygens (including phenoxy) is 2. The number of hydrogen-bond donors (Lipinski definition) is 4. The zero-order valence-corrected chi connectivity index (χ0v) is 18.5. The zero-order valence-electron chi connectivity index (χ0n) is 17.7. The van der Waals surface area contributed by atoms with Gasteiger partial charge in [0, 0.05) is 11.8 Å². The highest BCUT2D eigenvalue weighted by atomic mass is 32.2. The molecule has 1 aliphatic heterocycles. The Morgan fingerprint density at radius 2 is 1.94 bits per heavy atom. The van der Waals surface area contributed by atoms with Gasteiger partial charge in [-0.1, -0.05) is 18.2 Å². The summed E-state index contributed by atoms with van der Waals surface area (Å²) in [6, 6.07) is 7.07. The van der Waals surface area contributed by atoms with E-state index in [1.54, 1.807) is 10.8 Å². The summed E-state index contributed by atoms with van der Waals surface area (Å²) in [5, 5.41) is 20.4. The van der Waals surface area contributed by atoms with E-state index in [0.29, 0.717) is 0 Å². The maximum atomic E-state index is 12.5. The summed E-state index contributed by atoms with van der Waals surface area (Å²) >= 11 is 0. The standard InChI is InChI=1S/C19H22N4O10S/c1-31-14(24)8-10-4-2-3-5-11(10)17(27)22-34(29,30)32-9-12-15(25)16(26)18(33-12)23-7-6-13(20)21-19(23)28/h2-7,12,15-16,18,25-26H,8-9H2,1H3,(H,22,27)(H2,20,21,28)/t12-,15-,16-,18-/m1/s1. The highest BCUT2D eigenvalue weighted by molar-refractivity contribution is 7.85. The topological polar surface area (TPSA) is 209 Å². The van der Waals surface area contributed by atoms with Crippen molar-refractivity contribution in [1.29, 1.82) is 0 Å². The van der Waals surface area contributed by atoms with Crippen molar-refractivity contribution in [1.82, 2.24) is 14.3 Å². The number of nitrogen functional groups attached to an aromatic ring is 1. The first-order chi connectivity index (χ1) is 16.0. The van der Waals surface area contributed by atoms with Crippen LogP contribution in [0.25, 0.3) is 0 Å². The van der Waals surface area contributed by atoms with Gasteiger partial charge in [-0.25, -0.2) is 9.52 Å². The number of carbonyl (C=O) groups excluding carboxylic acids is 2. The molecule has 2 heterocycles. The van der Waals surface area contributed by atoms with Crippen LogP contribution in [0.3, 0.4) is 0 Å². The molecule has 0 bridgehead atoms. The third-order valence-electron chi connectivity index (χ3n) is 4.89. The van der Waals surface area contributed by atoms with Crippen molar-refractivity contribution in [2.24, 2.45) is 0 Å². The Hall–Kier alpha value is -3.37. The van der Waals surface area contributed by atoms with Crippen molar-refractivity contribution >= 4 is 28.0 Å². The van der Waals surface area contributed by atoms with Crippen LogP contribution in [0.5, 0.6) is 0 Å². The van der Waals surface area contributed by atoms with Gasteiger partial charge in [-0.05, 0) is 17.7 Å². The minimum absolute atomic E-state index is 0.0656. The van der Waals surface area contributed by atoms with Gasteiger partial charge in [0.15, 0.2) is 6.23 Å². The molecular formula is C19H22N4O10S. The predicted octanol–water partition coefficient (Wildman–Crippen LogP) is -2.15. The van der Waals surface area contributed by atoms with E-state index in [4.69, 9.17) is 14.7 Å². The van der Waals surface area contributed by atoms with Gasteiger partial charge in [0.05, 0.1) is 20.1 Å². The minimum atomic E-state index is -4.69. The number of aliphatic hydroxyl groups is 2. The van der Waals surface area contributed by atoms with E-state index >= 15 is 0 Å². The van der Waals surface area contributed by atoms with Crippen LogP contribution in [0.15, 0.2) is 41.3 Å². The SMILES string of the molecule is COC(=O)Cc1ccccc1C(=O)NS(=O)(=O)OC[C@H]1O[C@@H](n2ccc(N)nc2=O)[C@H](O)[C@@H]1O. The summed E-state index contributed by atoms with van der Waals surface area (Å²) in [5.41, 5.74) is 4.69. The number of nitrogens with two attached hydrogens (primary N) is 1. The lowest BCUT2D eigenvalue weighted by atomic mass is 10.0. The molecule has 3 rings (SSSR count). The highest BCUT2D eigenvalue weighted by Crippen LogP contribution is 2.28. The van der Waals surface area contributed by atoms with Crippen molar-refractivity contribution in [2.45, 2.75) is 31.0 Å². The van der Waals surface area contributed by atoms with Crippen molar-refractivity contribution in [3.63, 3.8) is 0 Å². The third-order valence-corrected chi connectivity index (χ3v) is 5.77. The van der Waals surface area contributed by atoms with Gasteiger partial charge in [-0.2, -0.15) is 13.4 Å². The van der Waals surface area contributed by atoms with Crippen LogP contribution in [0.4, 0.5) is 5.82 Å². The van der Waals surface area contributed by atoms with Crippen molar-refractivity contribution in [2.75, 3.05) is 19.5 Å².